The van der Waals surface area contributed by atoms with Gasteiger partial charge in [0.2, 0.25) is 5.91 Å². The van der Waals surface area contributed by atoms with Gasteiger partial charge in [-0.3, -0.25) is 4.79 Å². The van der Waals surface area contributed by atoms with E-state index in [4.69, 9.17) is 0 Å². The van der Waals surface area contributed by atoms with Gasteiger partial charge in [0.05, 0.1) is 6.04 Å². The Morgan fingerprint density at radius 3 is 2.70 bits per heavy atom. The number of thiophene rings is 1. The first-order chi connectivity index (χ1) is 9.72. The molecule has 2 aromatic rings. The third-order valence-corrected chi connectivity index (χ3v) is 4.48. The molecule has 0 aliphatic carbocycles. The van der Waals surface area contributed by atoms with Crippen molar-refractivity contribution in [2.24, 2.45) is 0 Å². The van der Waals surface area contributed by atoms with Crippen LogP contribution in [0.1, 0.15) is 22.2 Å². The Balaban J connectivity index is 1.61. The van der Waals surface area contributed by atoms with E-state index >= 15 is 0 Å². The van der Waals surface area contributed by atoms with Gasteiger partial charge >= 0.3 is 0 Å². The first-order valence-corrected chi connectivity index (χ1v) is 7.47. The Labute approximate surface area is 122 Å². The molecule has 1 saturated heterocycles. The van der Waals surface area contributed by atoms with Crippen LogP contribution in [0, 0.1) is 6.92 Å². The van der Waals surface area contributed by atoms with E-state index in [1.165, 1.54) is 9.75 Å². The summed E-state index contributed by atoms with van der Waals surface area (Å²) in [4.78, 5) is 14.7. The molecule has 3 N–H and O–H groups in total. The summed E-state index contributed by atoms with van der Waals surface area (Å²) in [5.41, 5.74) is 7.11. The molecule has 0 saturated carbocycles. The summed E-state index contributed by atoms with van der Waals surface area (Å²) in [7, 11) is 0. The Hall–Kier alpha value is -1.69. The highest BCUT2D eigenvalue weighted by Gasteiger charge is 2.30. The van der Waals surface area contributed by atoms with Gasteiger partial charge in [0.25, 0.3) is 0 Å². The smallest absolute Gasteiger partial charge is 0.242 e. The molecule has 2 unspecified atom stereocenters. The summed E-state index contributed by atoms with van der Waals surface area (Å²) in [6.45, 7) is 2.09. The number of anilines is 1. The van der Waals surface area contributed by atoms with E-state index in [0.717, 1.165) is 12.1 Å². The van der Waals surface area contributed by atoms with Crippen LogP contribution in [0.4, 0.5) is 5.69 Å². The van der Waals surface area contributed by atoms with E-state index in [1.54, 1.807) is 11.3 Å². The molecule has 0 radical (unpaired) electrons. The third-order valence-electron chi connectivity index (χ3n) is 3.37. The maximum Gasteiger partial charge on any atom is 0.242 e. The predicted molar refractivity (Wildman–Crippen MR) is 81.5 cm³/mol. The Kier molecular flexibility index (Phi) is 3.82. The molecule has 5 heteroatoms. The average molecular weight is 287 g/mol. The average Bonchev–Trinajstić information content (AvgIpc) is 3.08. The monoisotopic (exact) mass is 287 g/mol. The van der Waals surface area contributed by atoms with Crippen molar-refractivity contribution >= 4 is 22.9 Å². The number of hydrazine groups is 1. The van der Waals surface area contributed by atoms with Crippen molar-refractivity contribution < 1.29 is 4.79 Å². The number of aryl methyl sites for hydroxylation is 1. The summed E-state index contributed by atoms with van der Waals surface area (Å²) < 4.78 is 0. The zero-order chi connectivity index (χ0) is 13.9. The normalized spacial score (nSPS) is 21.9. The summed E-state index contributed by atoms with van der Waals surface area (Å²) in [5.74, 6) is -0.000483. The highest BCUT2D eigenvalue weighted by molar-refractivity contribution is 7.12. The molecule has 1 fully saturated rings. The van der Waals surface area contributed by atoms with E-state index in [2.05, 4.69) is 35.2 Å². The van der Waals surface area contributed by atoms with Crippen LogP contribution in [0.15, 0.2) is 42.5 Å². The van der Waals surface area contributed by atoms with Gasteiger partial charge in [-0.2, -0.15) is 0 Å². The zero-order valence-electron chi connectivity index (χ0n) is 11.2. The topological polar surface area (TPSA) is 53.2 Å². The molecule has 1 aromatic heterocycles. The highest BCUT2D eigenvalue weighted by Crippen LogP contribution is 2.28. The fraction of sp³-hybridized carbons (Fsp3) is 0.267. The molecule has 3 rings (SSSR count). The van der Waals surface area contributed by atoms with E-state index in [-0.39, 0.29) is 18.0 Å². The second kappa shape index (κ2) is 5.75. The van der Waals surface area contributed by atoms with Crippen molar-refractivity contribution in [3.05, 3.63) is 52.2 Å². The lowest BCUT2D eigenvalue weighted by molar-refractivity contribution is -0.117. The van der Waals surface area contributed by atoms with E-state index in [0.29, 0.717) is 0 Å². The molecule has 1 aromatic carbocycles. The molecular formula is C15H17N3OS. The molecule has 104 valence electrons. The van der Waals surface area contributed by atoms with Gasteiger partial charge in [-0.25, -0.2) is 10.9 Å². The lowest BCUT2D eigenvalue weighted by Gasteiger charge is -2.10. The number of hydrogen-bond acceptors (Lipinski definition) is 4. The van der Waals surface area contributed by atoms with Crippen molar-refractivity contribution in [1.29, 1.82) is 0 Å². The lowest BCUT2D eigenvalue weighted by Crippen LogP contribution is -2.39. The Morgan fingerprint density at radius 1 is 1.20 bits per heavy atom. The van der Waals surface area contributed by atoms with Crippen molar-refractivity contribution in [1.82, 2.24) is 10.9 Å². The summed E-state index contributed by atoms with van der Waals surface area (Å²) in [5, 5.41) is 2.92. The van der Waals surface area contributed by atoms with E-state index in [9.17, 15) is 4.79 Å². The van der Waals surface area contributed by atoms with Crippen LogP contribution in [0.5, 0.6) is 0 Å². The van der Waals surface area contributed by atoms with Gasteiger partial charge in [0.15, 0.2) is 0 Å². The van der Waals surface area contributed by atoms with Gasteiger partial charge in [-0.05, 0) is 37.6 Å². The van der Waals surface area contributed by atoms with Crippen molar-refractivity contribution in [3.8, 4) is 0 Å². The molecule has 1 aliphatic heterocycles. The van der Waals surface area contributed by atoms with Crippen LogP contribution in [-0.4, -0.2) is 11.9 Å². The van der Waals surface area contributed by atoms with Gasteiger partial charge in [0.1, 0.15) is 6.04 Å². The molecule has 20 heavy (non-hydrogen) atoms. The van der Waals surface area contributed by atoms with Crippen LogP contribution >= 0.6 is 11.3 Å². The fourth-order valence-corrected chi connectivity index (χ4v) is 3.25. The number of carbonyl (C=O) groups excluding carboxylic acids is 1. The van der Waals surface area contributed by atoms with E-state index < -0.39 is 0 Å². The van der Waals surface area contributed by atoms with Gasteiger partial charge in [-0.15, -0.1) is 11.3 Å². The Bertz CT molecular complexity index is 596. The highest BCUT2D eigenvalue weighted by atomic mass is 32.1. The van der Waals surface area contributed by atoms with Crippen molar-refractivity contribution in [2.75, 3.05) is 5.32 Å². The lowest BCUT2D eigenvalue weighted by atomic mass is 10.1. The van der Waals surface area contributed by atoms with Crippen LogP contribution in [0.25, 0.3) is 0 Å². The van der Waals surface area contributed by atoms with Crippen LogP contribution < -0.4 is 16.2 Å². The number of rotatable bonds is 3. The number of benzene rings is 1. The Morgan fingerprint density at radius 2 is 2.00 bits per heavy atom. The molecule has 2 atom stereocenters. The number of para-hydroxylation sites is 1. The minimum atomic E-state index is -0.206. The summed E-state index contributed by atoms with van der Waals surface area (Å²) in [6, 6.07) is 13.8. The second-order valence-corrected chi connectivity index (χ2v) is 6.25. The molecular weight excluding hydrogens is 270 g/mol. The molecule has 1 aliphatic rings. The number of hydrogen-bond donors (Lipinski definition) is 3. The number of amides is 1. The van der Waals surface area contributed by atoms with Gasteiger partial charge in [0, 0.05) is 15.4 Å². The fourth-order valence-electron chi connectivity index (χ4n) is 2.31. The SMILES string of the molecule is Cc1ccc(C2CC(C(=O)Nc3ccccc3)NN2)s1. The van der Waals surface area contributed by atoms with Gasteiger partial charge in [-0.1, -0.05) is 18.2 Å². The quantitative estimate of drug-likeness (QED) is 0.813. The molecule has 4 nitrogen and oxygen atoms in total. The number of carbonyl (C=O) groups is 1. The molecule has 0 bridgehead atoms. The standard InChI is InChI=1S/C15H17N3OS/c1-10-7-8-14(20-10)12-9-13(18-17-12)15(19)16-11-5-3-2-4-6-11/h2-8,12-13,17-18H,9H2,1H3,(H,16,19). The first-order valence-electron chi connectivity index (χ1n) is 6.65. The molecule has 1 amide bonds. The van der Waals surface area contributed by atoms with Crippen molar-refractivity contribution in [3.63, 3.8) is 0 Å². The maximum absolute atomic E-state index is 12.2. The summed E-state index contributed by atoms with van der Waals surface area (Å²) in [6.07, 6.45) is 0.763. The maximum atomic E-state index is 12.2. The summed E-state index contributed by atoms with van der Waals surface area (Å²) >= 11 is 1.77. The van der Waals surface area contributed by atoms with Crippen LogP contribution in [-0.2, 0) is 4.79 Å². The minimum absolute atomic E-state index is 0.000483. The number of nitrogens with one attached hydrogen (secondary N) is 3. The second-order valence-electron chi connectivity index (χ2n) is 4.93. The predicted octanol–water partition coefficient (Wildman–Crippen LogP) is 2.60. The minimum Gasteiger partial charge on any atom is -0.325 e. The largest absolute Gasteiger partial charge is 0.325 e. The van der Waals surface area contributed by atoms with E-state index in [1.807, 2.05) is 30.3 Å². The van der Waals surface area contributed by atoms with Crippen molar-refractivity contribution in [2.45, 2.75) is 25.4 Å². The molecule has 2 heterocycles. The molecule has 0 spiro atoms. The van der Waals surface area contributed by atoms with Crippen LogP contribution in [0.3, 0.4) is 0 Å². The zero-order valence-corrected chi connectivity index (χ0v) is 12.0. The third kappa shape index (κ3) is 2.90. The van der Waals surface area contributed by atoms with Gasteiger partial charge < -0.3 is 5.32 Å². The first kappa shape index (κ1) is 13.3. The van der Waals surface area contributed by atoms with Crippen LogP contribution in [0.2, 0.25) is 0 Å².